The molecule has 0 aliphatic carbocycles. The van der Waals surface area contributed by atoms with Crippen molar-refractivity contribution in [2.45, 2.75) is 13.3 Å². The molecule has 2 aromatic heterocycles. The van der Waals surface area contributed by atoms with E-state index in [1.807, 2.05) is 17.5 Å². The quantitative estimate of drug-likeness (QED) is 0.568. The van der Waals surface area contributed by atoms with Crippen LogP contribution in [-0.2, 0) is 16.0 Å². The highest BCUT2D eigenvalue weighted by atomic mass is 35.5. The summed E-state index contributed by atoms with van der Waals surface area (Å²) >= 11 is 7.21. The van der Waals surface area contributed by atoms with E-state index in [9.17, 15) is 14.4 Å². The van der Waals surface area contributed by atoms with Crippen molar-refractivity contribution in [1.29, 1.82) is 0 Å². The van der Waals surface area contributed by atoms with Crippen molar-refractivity contribution in [1.82, 2.24) is 9.97 Å². The zero-order chi connectivity index (χ0) is 23.0. The molecule has 0 fully saturated rings. The molecule has 1 aromatic carbocycles. The van der Waals surface area contributed by atoms with Gasteiger partial charge in [-0.05, 0) is 19.1 Å². The maximum Gasteiger partial charge on any atom is 0.237 e. The molecule has 1 aliphatic heterocycles. The first-order chi connectivity index (χ1) is 15.3. The number of fused-ring (bicyclic) bond motifs is 1. The van der Waals surface area contributed by atoms with Crippen LogP contribution in [0.2, 0.25) is 5.02 Å². The van der Waals surface area contributed by atoms with E-state index in [1.165, 1.54) is 29.4 Å². The molecule has 10 heteroatoms. The van der Waals surface area contributed by atoms with Crippen molar-refractivity contribution >= 4 is 51.4 Å². The molecule has 32 heavy (non-hydrogen) atoms. The van der Waals surface area contributed by atoms with E-state index < -0.39 is 5.92 Å². The normalized spacial score (nSPS) is 15.5. The Morgan fingerprint density at radius 1 is 1.25 bits per heavy atom. The number of amides is 2. The molecule has 2 amide bonds. The second-order valence-electron chi connectivity index (χ2n) is 7.26. The summed E-state index contributed by atoms with van der Waals surface area (Å²) in [5.41, 5.74) is 2.48. The lowest BCUT2D eigenvalue weighted by Crippen LogP contribution is -2.42. The molecule has 3 heterocycles. The fraction of sp³-hybridized carbons (Fsp3) is 0.227. The predicted octanol–water partition coefficient (Wildman–Crippen LogP) is 3.84. The summed E-state index contributed by atoms with van der Waals surface area (Å²) in [6.07, 6.45) is -0.171. The summed E-state index contributed by atoms with van der Waals surface area (Å²) in [6.45, 7) is 1.55. The number of nitrogens with zero attached hydrogens (tertiary/aromatic N) is 3. The SMILES string of the molecule is COc1cc2c(c(CC(=O)Nc3nc(-c4ccc(Cl)cc4)cs3)n1)C(=O)C(C)C(=O)N2C. The number of aromatic nitrogens is 2. The Labute approximate surface area is 193 Å². The maximum absolute atomic E-state index is 12.8. The lowest BCUT2D eigenvalue weighted by atomic mass is 9.90. The summed E-state index contributed by atoms with van der Waals surface area (Å²) in [7, 11) is 3.02. The van der Waals surface area contributed by atoms with Gasteiger partial charge in [0.05, 0.1) is 42.1 Å². The third kappa shape index (κ3) is 4.09. The maximum atomic E-state index is 12.8. The van der Waals surface area contributed by atoms with Crippen LogP contribution in [0.25, 0.3) is 11.3 Å². The first-order valence-corrected chi connectivity index (χ1v) is 10.9. The van der Waals surface area contributed by atoms with Gasteiger partial charge in [0.15, 0.2) is 10.9 Å². The molecule has 1 aliphatic rings. The number of pyridine rings is 1. The number of hydrogen-bond acceptors (Lipinski definition) is 7. The molecule has 3 aromatic rings. The summed E-state index contributed by atoms with van der Waals surface area (Å²) in [5.74, 6) is -1.69. The molecule has 1 N–H and O–H groups in total. The summed E-state index contributed by atoms with van der Waals surface area (Å²) < 4.78 is 5.22. The molecule has 0 radical (unpaired) electrons. The van der Waals surface area contributed by atoms with Crippen LogP contribution >= 0.6 is 22.9 Å². The van der Waals surface area contributed by atoms with Gasteiger partial charge in [0.1, 0.15) is 0 Å². The van der Waals surface area contributed by atoms with Crippen LogP contribution < -0.4 is 15.0 Å². The Morgan fingerprint density at radius 3 is 2.66 bits per heavy atom. The number of carbonyl (C=O) groups is 3. The van der Waals surface area contributed by atoms with Crippen LogP contribution in [0.4, 0.5) is 10.8 Å². The third-order valence-electron chi connectivity index (χ3n) is 5.18. The number of thiazole rings is 1. The monoisotopic (exact) mass is 470 g/mol. The van der Waals surface area contributed by atoms with Crippen molar-refractivity contribution < 1.29 is 19.1 Å². The summed E-state index contributed by atoms with van der Waals surface area (Å²) in [5, 5.41) is 5.63. The van der Waals surface area contributed by atoms with E-state index >= 15 is 0 Å². The first kappa shape index (κ1) is 21.9. The van der Waals surface area contributed by atoms with E-state index in [2.05, 4.69) is 15.3 Å². The molecule has 0 bridgehead atoms. The highest BCUT2D eigenvalue weighted by molar-refractivity contribution is 7.14. The molecule has 0 saturated carbocycles. The number of anilines is 2. The second-order valence-corrected chi connectivity index (χ2v) is 8.55. The number of ether oxygens (including phenoxy) is 1. The molecule has 1 atom stereocenters. The van der Waals surface area contributed by atoms with Crippen LogP contribution in [0.3, 0.4) is 0 Å². The number of hydrogen-bond donors (Lipinski definition) is 1. The topological polar surface area (TPSA) is 101 Å². The summed E-state index contributed by atoms with van der Waals surface area (Å²) in [6, 6.07) is 8.76. The van der Waals surface area contributed by atoms with Gasteiger partial charge < -0.3 is 15.0 Å². The van der Waals surface area contributed by atoms with Gasteiger partial charge in [-0.2, -0.15) is 0 Å². The number of Topliss-reactive ketones (excluding diaryl/α,β-unsaturated/α-hetero) is 1. The van der Waals surface area contributed by atoms with Crippen LogP contribution in [0.15, 0.2) is 35.7 Å². The minimum absolute atomic E-state index is 0.171. The zero-order valence-electron chi connectivity index (χ0n) is 17.5. The molecule has 4 rings (SSSR count). The van der Waals surface area contributed by atoms with Gasteiger partial charge in [-0.1, -0.05) is 23.7 Å². The van der Waals surface area contributed by atoms with Crippen LogP contribution in [0.1, 0.15) is 23.0 Å². The Morgan fingerprint density at radius 2 is 1.97 bits per heavy atom. The fourth-order valence-electron chi connectivity index (χ4n) is 3.46. The van der Waals surface area contributed by atoms with Gasteiger partial charge in [0, 0.05) is 29.1 Å². The van der Waals surface area contributed by atoms with Gasteiger partial charge >= 0.3 is 0 Å². The van der Waals surface area contributed by atoms with E-state index in [-0.39, 0.29) is 41.2 Å². The Kier molecular flexibility index (Phi) is 5.94. The largest absolute Gasteiger partial charge is 0.481 e. The molecular weight excluding hydrogens is 452 g/mol. The fourth-order valence-corrected chi connectivity index (χ4v) is 4.32. The van der Waals surface area contributed by atoms with Crippen molar-refractivity contribution in [3.63, 3.8) is 0 Å². The Balaban J connectivity index is 1.58. The number of methoxy groups -OCH3 is 1. The minimum atomic E-state index is -0.842. The number of halogens is 1. The van der Waals surface area contributed by atoms with Crippen molar-refractivity contribution in [2.24, 2.45) is 5.92 Å². The van der Waals surface area contributed by atoms with Gasteiger partial charge in [0.25, 0.3) is 0 Å². The first-order valence-electron chi connectivity index (χ1n) is 9.69. The van der Waals surface area contributed by atoms with Crippen molar-refractivity contribution in [3.05, 3.63) is 52.0 Å². The minimum Gasteiger partial charge on any atom is -0.481 e. The smallest absolute Gasteiger partial charge is 0.237 e. The number of nitrogens with one attached hydrogen (secondary N) is 1. The van der Waals surface area contributed by atoms with E-state index in [0.717, 1.165) is 5.56 Å². The van der Waals surface area contributed by atoms with Gasteiger partial charge in [0.2, 0.25) is 17.7 Å². The number of benzene rings is 1. The molecule has 0 saturated heterocycles. The van der Waals surface area contributed by atoms with Crippen LogP contribution in [0.5, 0.6) is 5.88 Å². The molecule has 0 spiro atoms. The average molecular weight is 471 g/mol. The molecular formula is C22H19ClN4O4S. The lowest BCUT2D eigenvalue weighted by molar-refractivity contribution is -0.120. The van der Waals surface area contributed by atoms with E-state index in [0.29, 0.717) is 21.5 Å². The standard InChI is InChI=1S/C22H19ClN4O4S/c1-11-20(29)19-14(24-18(31-3)9-16(19)27(2)21(11)30)8-17(28)26-22-25-15(10-32-22)12-4-6-13(23)7-5-12/h4-7,9-11H,8H2,1-3H3,(H,25,26,28). The Hall–Kier alpha value is -3.30. The average Bonchev–Trinajstić information content (AvgIpc) is 3.24. The zero-order valence-corrected chi connectivity index (χ0v) is 19.1. The number of carbonyl (C=O) groups excluding carboxylic acids is 3. The highest BCUT2D eigenvalue weighted by Gasteiger charge is 2.37. The Bertz CT molecular complexity index is 1230. The van der Waals surface area contributed by atoms with Gasteiger partial charge in [-0.15, -0.1) is 11.3 Å². The van der Waals surface area contributed by atoms with Crippen LogP contribution in [0, 0.1) is 5.92 Å². The molecule has 164 valence electrons. The molecule has 1 unspecified atom stereocenters. The number of rotatable bonds is 5. The summed E-state index contributed by atoms with van der Waals surface area (Å²) in [4.78, 5) is 48.1. The van der Waals surface area contributed by atoms with Gasteiger partial charge in [-0.3, -0.25) is 14.4 Å². The van der Waals surface area contributed by atoms with E-state index in [4.69, 9.17) is 16.3 Å². The van der Waals surface area contributed by atoms with E-state index in [1.54, 1.807) is 26.1 Å². The van der Waals surface area contributed by atoms with Crippen LogP contribution in [-0.4, -0.2) is 41.7 Å². The second kappa shape index (κ2) is 8.68. The lowest BCUT2D eigenvalue weighted by Gasteiger charge is -2.30. The number of ketones is 1. The van der Waals surface area contributed by atoms with Crippen molar-refractivity contribution in [3.8, 4) is 17.1 Å². The van der Waals surface area contributed by atoms with Crippen molar-refractivity contribution in [2.75, 3.05) is 24.4 Å². The third-order valence-corrected chi connectivity index (χ3v) is 6.19. The van der Waals surface area contributed by atoms with Gasteiger partial charge in [-0.25, -0.2) is 9.97 Å². The molecule has 8 nitrogen and oxygen atoms in total. The highest BCUT2D eigenvalue weighted by Crippen LogP contribution is 2.34. The predicted molar refractivity (Wildman–Crippen MR) is 123 cm³/mol.